The van der Waals surface area contributed by atoms with Crippen molar-refractivity contribution in [2.45, 2.75) is 58.9 Å². The zero-order valence-corrected chi connectivity index (χ0v) is 19.8. The van der Waals surface area contributed by atoms with Crippen LogP contribution in [-0.2, 0) is 11.2 Å². The van der Waals surface area contributed by atoms with Crippen molar-refractivity contribution in [1.29, 1.82) is 0 Å². The van der Waals surface area contributed by atoms with E-state index in [9.17, 15) is 14.7 Å². The van der Waals surface area contributed by atoms with Crippen molar-refractivity contribution in [1.82, 2.24) is 5.32 Å². The number of benzene rings is 2. The Labute approximate surface area is 199 Å². The molecule has 0 bridgehead atoms. The highest BCUT2D eigenvalue weighted by atomic mass is 16.5. The molecule has 6 nitrogen and oxygen atoms in total. The molecule has 0 radical (unpaired) electrons. The minimum atomic E-state index is -2.38. The summed E-state index contributed by atoms with van der Waals surface area (Å²) in [6.45, 7) is 8.04. The van der Waals surface area contributed by atoms with Crippen LogP contribution in [0.4, 0.5) is 5.69 Å². The van der Waals surface area contributed by atoms with Crippen molar-refractivity contribution in [2.24, 2.45) is 5.92 Å². The van der Waals surface area contributed by atoms with Crippen LogP contribution in [0.25, 0.3) is 0 Å². The zero-order valence-electron chi connectivity index (χ0n) is 21.8. The van der Waals surface area contributed by atoms with Crippen molar-refractivity contribution < 1.29 is 22.2 Å². The molecule has 178 valence electrons. The number of para-hydroxylation sites is 1. The van der Waals surface area contributed by atoms with Gasteiger partial charge in [0.05, 0.1) is 19.0 Å². The average molecular weight is 455 g/mol. The van der Waals surface area contributed by atoms with Gasteiger partial charge < -0.3 is 20.1 Å². The van der Waals surface area contributed by atoms with Gasteiger partial charge in [0.15, 0.2) is 0 Å². The highest BCUT2D eigenvalue weighted by molar-refractivity contribution is 5.91. The predicted octanol–water partition coefficient (Wildman–Crippen LogP) is 5.22. The molecular formula is C27H36N2O4. The Balaban J connectivity index is 1.92. The van der Waals surface area contributed by atoms with Gasteiger partial charge in [-0.1, -0.05) is 38.1 Å². The molecule has 2 N–H and O–H groups in total. The molecule has 1 saturated heterocycles. The molecule has 1 aliphatic rings. The third-order valence-electron chi connectivity index (χ3n) is 5.79. The number of hydrogen-bond acceptors (Lipinski definition) is 4. The Morgan fingerprint density at radius 1 is 1.15 bits per heavy atom. The maximum atomic E-state index is 13.3. The van der Waals surface area contributed by atoms with Gasteiger partial charge in [0.2, 0.25) is 5.91 Å². The van der Waals surface area contributed by atoms with E-state index in [1.807, 2.05) is 18.2 Å². The minimum Gasteiger partial charge on any atom is -0.493 e. The number of amides is 1. The molecule has 33 heavy (non-hydrogen) atoms. The number of nitrogens with zero attached hydrogens (tertiary/aromatic N) is 1. The molecule has 1 aliphatic heterocycles. The van der Waals surface area contributed by atoms with E-state index in [1.54, 1.807) is 6.92 Å². The lowest BCUT2D eigenvalue weighted by molar-refractivity contribution is -0.121. The number of ether oxygens (including phenoxy) is 1. The second-order valence-corrected chi connectivity index (χ2v) is 8.84. The van der Waals surface area contributed by atoms with E-state index in [4.69, 9.17) is 7.48 Å². The molecule has 0 unspecified atom stereocenters. The number of carbonyl (C=O) groups excluding carboxylic acids is 1. The van der Waals surface area contributed by atoms with Crippen LogP contribution >= 0.6 is 0 Å². The summed E-state index contributed by atoms with van der Waals surface area (Å²) in [5.41, 5.74) is 2.06. The van der Waals surface area contributed by atoms with Crippen molar-refractivity contribution in [3.05, 3.63) is 59.2 Å². The minimum absolute atomic E-state index is 0.0448. The average Bonchev–Trinajstić information content (AvgIpc) is 2.84. The molecule has 1 atom stereocenters. The summed E-state index contributed by atoms with van der Waals surface area (Å²) in [4.78, 5) is 27.2. The highest BCUT2D eigenvalue weighted by Crippen LogP contribution is 2.32. The number of hydrogen-bond donors (Lipinski definition) is 2. The van der Waals surface area contributed by atoms with Gasteiger partial charge in [0.1, 0.15) is 11.3 Å². The lowest BCUT2D eigenvalue weighted by Crippen LogP contribution is -2.34. The van der Waals surface area contributed by atoms with Gasteiger partial charge in [0.25, 0.3) is 0 Å². The number of anilines is 1. The second-order valence-electron chi connectivity index (χ2n) is 8.84. The largest absolute Gasteiger partial charge is 0.493 e. The van der Waals surface area contributed by atoms with E-state index in [0.29, 0.717) is 6.42 Å². The fourth-order valence-corrected chi connectivity index (χ4v) is 4.32. The van der Waals surface area contributed by atoms with Crippen molar-refractivity contribution in [3.8, 4) is 5.75 Å². The van der Waals surface area contributed by atoms with Crippen LogP contribution in [0.15, 0.2) is 42.5 Å². The van der Waals surface area contributed by atoms with E-state index in [-0.39, 0.29) is 35.4 Å². The molecule has 3 rings (SSSR count). The summed E-state index contributed by atoms with van der Waals surface area (Å²) in [6, 6.07) is 11.6. The second kappa shape index (κ2) is 11.7. The topological polar surface area (TPSA) is 78.9 Å². The van der Waals surface area contributed by atoms with E-state index in [0.717, 1.165) is 37.2 Å². The molecule has 0 saturated carbocycles. The first kappa shape index (κ1) is 21.8. The molecule has 0 aromatic heterocycles. The van der Waals surface area contributed by atoms with Gasteiger partial charge in [0, 0.05) is 21.5 Å². The summed E-state index contributed by atoms with van der Waals surface area (Å²) in [6.07, 6.45) is 1.77. The number of nitrogens with one attached hydrogen (secondary N) is 1. The summed E-state index contributed by atoms with van der Waals surface area (Å²) >= 11 is 0. The Bertz CT molecular complexity index is 1040. The maximum absolute atomic E-state index is 13.3. The van der Waals surface area contributed by atoms with Gasteiger partial charge >= 0.3 is 5.97 Å². The molecule has 0 spiro atoms. The predicted molar refractivity (Wildman–Crippen MR) is 131 cm³/mol. The lowest BCUT2D eigenvalue weighted by atomic mass is 9.94. The Morgan fingerprint density at radius 2 is 1.88 bits per heavy atom. The molecular weight excluding hydrogens is 416 g/mol. The van der Waals surface area contributed by atoms with Crippen LogP contribution < -0.4 is 15.0 Å². The van der Waals surface area contributed by atoms with Crippen LogP contribution in [-0.4, -0.2) is 36.7 Å². The van der Waals surface area contributed by atoms with Gasteiger partial charge in [-0.05, 0) is 67.9 Å². The Kier molecular flexibility index (Phi) is 7.75. The summed E-state index contributed by atoms with van der Waals surface area (Å²) in [7, 11) is 0. The van der Waals surface area contributed by atoms with Gasteiger partial charge in [-0.15, -0.1) is 0 Å². The van der Waals surface area contributed by atoms with Gasteiger partial charge in [-0.2, -0.15) is 0 Å². The fraction of sp³-hybridized carbons (Fsp3) is 0.481. The molecule has 2 aromatic carbocycles. The Hall–Kier alpha value is -3.02. The van der Waals surface area contributed by atoms with E-state index >= 15 is 0 Å². The van der Waals surface area contributed by atoms with Crippen molar-refractivity contribution in [3.63, 3.8) is 0 Å². The molecule has 0 aliphatic carbocycles. The van der Waals surface area contributed by atoms with Crippen molar-refractivity contribution in [2.75, 3.05) is 24.6 Å². The van der Waals surface area contributed by atoms with E-state index in [2.05, 4.69) is 30.1 Å². The number of carbonyl (C=O) groups is 2. The molecule has 1 amide bonds. The lowest BCUT2D eigenvalue weighted by Gasteiger charge is -2.33. The first-order valence-electron chi connectivity index (χ1n) is 12.8. The van der Waals surface area contributed by atoms with Crippen LogP contribution in [0.3, 0.4) is 0 Å². The SMILES string of the molecule is [2H]C([2H])(C(=O)N[C@@H](CC(C)C)c1ccccc1N1CCCCC1)c1ccc(C(=O)O)c(OCC)c1. The van der Waals surface area contributed by atoms with Crippen LogP contribution in [0.2, 0.25) is 0 Å². The Morgan fingerprint density at radius 3 is 2.55 bits per heavy atom. The zero-order chi connectivity index (χ0) is 25.6. The first-order chi connectivity index (χ1) is 16.6. The maximum Gasteiger partial charge on any atom is 0.339 e. The molecule has 1 heterocycles. The number of aromatic carboxylic acids is 1. The number of carboxylic acids is 1. The van der Waals surface area contributed by atoms with Crippen LogP contribution in [0.1, 0.15) is 76.7 Å². The van der Waals surface area contributed by atoms with E-state index in [1.165, 1.54) is 24.6 Å². The van der Waals surface area contributed by atoms with Crippen molar-refractivity contribution >= 4 is 17.6 Å². The summed E-state index contributed by atoms with van der Waals surface area (Å²) in [5.74, 6) is -1.61. The molecule has 2 aromatic rings. The monoisotopic (exact) mass is 454 g/mol. The molecule has 1 fully saturated rings. The first-order valence-corrected chi connectivity index (χ1v) is 11.8. The highest BCUT2D eigenvalue weighted by Gasteiger charge is 2.23. The third kappa shape index (κ3) is 6.73. The number of piperidine rings is 1. The summed E-state index contributed by atoms with van der Waals surface area (Å²) < 4.78 is 22.6. The van der Waals surface area contributed by atoms with Gasteiger partial charge in [-0.3, -0.25) is 4.79 Å². The van der Waals surface area contributed by atoms with Crippen LogP contribution in [0.5, 0.6) is 5.75 Å². The normalized spacial score (nSPS) is 16.1. The van der Waals surface area contributed by atoms with Gasteiger partial charge in [-0.25, -0.2) is 4.79 Å². The number of carboxylic acid groups (broad SMARTS) is 1. The number of rotatable bonds is 10. The molecule has 6 heteroatoms. The quantitative estimate of drug-likeness (QED) is 0.515. The summed E-state index contributed by atoms with van der Waals surface area (Å²) in [5, 5.41) is 12.4. The standard InChI is InChI=1S/C27H36N2O4/c1-4-33-25-17-20(12-13-22(25)27(31)32)18-26(30)28-23(16-19(2)3)21-10-6-7-11-24(21)29-14-8-5-9-15-29/h6-7,10-13,17,19,23H,4-5,8-9,14-16,18H2,1-3H3,(H,28,30)(H,31,32)/t23-/m0/s1/i18D2. The van der Waals surface area contributed by atoms with Crippen LogP contribution in [0, 0.1) is 5.92 Å². The third-order valence-corrected chi connectivity index (χ3v) is 5.79. The fourth-order valence-electron chi connectivity index (χ4n) is 4.32. The van der Waals surface area contributed by atoms with E-state index < -0.39 is 18.2 Å². The smallest absolute Gasteiger partial charge is 0.339 e.